The Morgan fingerprint density at radius 1 is 1.09 bits per heavy atom. The van der Waals surface area contributed by atoms with Crippen LogP contribution >= 0.6 is 22.7 Å². The van der Waals surface area contributed by atoms with Crippen molar-refractivity contribution in [1.29, 1.82) is 0 Å². The molecular formula is C21H17N3O6S2. The van der Waals surface area contributed by atoms with Crippen LogP contribution in [0.3, 0.4) is 0 Å². The summed E-state index contributed by atoms with van der Waals surface area (Å²) in [7, 11) is 2.90. The molecular weight excluding hydrogens is 454 g/mol. The van der Waals surface area contributed by atoms with Crippen LogP contribution in [-0.2, 0) is 16.0 Å². The smallest absolute Gasteiger partial charge is 0.337 e. The van der Waals surface area contributed by atoms with Crippen molar-refractivity contribution in [3.8, 4) is 0 Å². The number of thiophene rings is 1. The Kier molecular flexibility index (Phi) is 6.12. The number of carbonyl (C=O) groups is 2. The van der Waals surface area contributed by atoms with E-state index in [1.807, 2.05) is 4.57 Å². The minimum absolute atomic E-state index is 0.0328. The molecule has 0 unspecified atom stereocenters. The Bertz CT molecular complexity index is 1430. The van der Waals surface area contributed by atoms with E-state index in [0.29, 0.717) is 33.8 Å². The van der Waals surface area contributed by atoms with Crippen LogP contribution in [-0.4, -0.2) is 42.2 Å². The molecule has 4 rings (SSSR count). The lowest BCUT2D eigenvalue weighted by atomic mass is 10.2. The number of nitro benzene ring substituents is 1. The second kappa shape index (κ2) is 8.99. The van der Waals surface area contributed by atoms with E-state index in [9.17, 15) is 19.7 Å². The third-order valence-electron chi connectivity index (χ3n) is 4.74. The average Bonchev–Trinajstić information content (AvgIpc) is 3.37. The number of rotatable bonds is 6. The number of non-ortho nitro benzene ring substituents is 1. The zero-order valence-electron chi connectivity index (χ0n) is 17.1. The van der Waals surface area contributed by atoms with Crippen LogP contribution in [0.15, 0.2) is 47.5 Å². The standard InChI is InChI=1S/C21H17N3O6S2/c1-29-8-7-23-15-5-3-12(20(26)30-2)10-17(15)32-21(23)22-19(25)18-11-13-9-14(24(27)28)4-6-16(13)31-18/h3-6,9-11H,7-8H2,1-2H3. The summed E-state index contributed by atoms with van der Waals surface area (Å²) in [6, 6.07) is 11.2. The molecule has 0 saturated carbocycles. The number of carbonyl (C=O) groups excluding carboxylic acids is 2. The molecule has 0 aliphatic rings. The van der Waals surface area contributed by atoms with Gasteiger partial charge in [-0.3, -0.25) is 14.9 Å². The molecule has 0 fully saturated rings. The molecule has 2 aromatic carbocycles. The van der Waals surface area contributed by atoms with E-state index < -0.39 is 16.8 Å². The van der Waals surface area contributed by atoms with Gasteiger partial charge in [0.1, 0.15) is 0 Å². The van der Waals surface area contributed by atoms with E-state index in [1.54, 1.807) is 37.4 Å². The first-order valence-electron chi connectivity index (χ1n) is 9.39. The molecule has 0 N–H and O–H groups in total. The molecule has 11 heteroatoms. The minimum atomic E-state index is -0.471. The lowest BCUT2D eigenvalue weighted by Gasteiger charge is -2.04. The number of nitro groups is 1. The zero-order valence-corrected chi connectivity index (χ0v) is 18.7. The van der Waals surface area contributed by atoms with Crippen molar-refractivity contribution in [2.75, 3.05) is 20.8 Å². The normalized spacial score (nSPS) is 11.9. The van der Waals surface area contributed by atoms with Gasteiger partial charge in [0.2, 0.25) is 0 Å². The number of methoxy groups -OCH3 is 2. The number of aromatic nitrogens is 1. The summed E-state index contributed by atoms with van der Waals surface area (Å²) in [5.74, 6) is -0.891. The lowest BCUT2D eigenvalue weighted by Crippen LogP contribution is -2.19. The van der Waals surface area contributed by atoms with Crippen LogP contribution in [0.4, 0.5) is 5.69 Å². The van der Waals surface area contributed by atoms with Crippen molar-refractivity contribution in [2.45, 2.75) is 6.54 Å². The Morgan fingerprint density at radius 2 is 1.91 bits per heavy atom. The molecule has 2 heterocycles. The predicted molar refractivity (Wildman–Crippen MR) is 121 cm³/mol. The fourth-order valence-electron chi connectivity index (χ4n) is 3.19. The first-order chi connectivity index (χ1) is 15.4. The zero-order chi connectivity index (χ0) is 22.8. The Morgan fingerprint density at radius 3 is 2.62 bits per heavy atom. The number of amides is 1. The highest BCUT2D eigenvalue weighted by Crippen LogP contribution is 2.29. The summed E-state index contributed by atoms with van der Waals surface area (Å²) in [5.41, 5.74) is 1.19. The van der Waals surface area contributed by atoms with Crippen molar-refractivity contribution < 1.29 is 24.0 Å². The minimum Gasteiger partial charge on any atom is -0.465 e. The highest BCUT2D eigenvalue weighted by atomic mass is 32.1. The third kappa shape index (κ3) is 4.17. The molecule has 0 aliphatic heterocycles. The fraction of sp³-hybridized carbons (Fsp3) is 0.190. The average molecular weight is 472 g/mol. The molecule has 2 aromatic heterocycles. The number of nitrogens with zero attached hydrogens (tertiary/aromatic N) is 3. The number of fused-ring (bicyclic) bond motifs is 2. The third-order valence-corrected chi connectivity index (χ3v) is 6.89. The maximum atomic E-state index is 12.9. The van der Waals surface area contributed by atoms with Gasteiger partial charge < -0.3 is 14.0 Å². The van der Waals surface area contributed by atoms with Gasteiger partial charge in [-0.05, 0) is 30.3 Å². The van der Waals surface area contributed by atoms with Crippen molar-refractivity contribution in [2.24, 2.45) is 4.99 Å². The van der Waals surface area contributed by atoms with E-state index in [1.165, 1.54) is 41.9 Å². The van der Waals surface area contributed by atoms with Crippen LogP contribution in [0.25, 0.3) is 20.3 Å². The second-order valence-electron chi connectivity index (χ2n) is 6.71. The molecule has 32 heavy (non-hydrogen) atoms. The molecule has 0 radical (unpaired) electrons. The summed E-state index contributed by atoms with van der Waals surface area (Å²) in [5, 5.41) is 11.6. The Balaban J connectivity index is 1.79. The molecule has 0 bridgehead atoms. The summed E-state index contributed by atoms with van der Waals surface area (Å²) in [6.45, 7) is 0.886. The maximum Gasteiger partial charge on any atom is 0.337 e. The molecule has 4 aromatic rings. The van der Waals surface area contributed by atoms with Crippen molar-refractivity contribution in [3.05, 3.63) is 67.8 Å². The Labute approximate surface area is 189 Å². The molecule has 0 atom stereocenters. The van der Waals surface area contributed by atoms with E-state index in [4.69, 9.17) is 9.47 Å². The number of thiazole rings is 1. The Hall–Kier alpha value is -3.41. The van der Waals surface area contributed by atoms with Gasteiger partial charge in [0.05, 0.1) is 39.3 Å². The topological polar surface area (TPSA) is 113 Å². The SMILES string of the molecule is COCCn1c(=NC(=O)c2cc3cc([N+](=O)[O-])ccc3s2)sc2cc(C(=O)OC)ccc21. The van der Waals surface area contributed by atoms with Gasteiger partial charge in [-0.1, -0.05) is 11.3 Å². The molecule has 9 nitrogen and oxygen atoms in total. The number of hydrogen-bond donors (Lipinski definition) is 0. The summed E-state index contributed by atoms with van der Waals surface area (Å²) in [4.78, 5) is 40.5. The van der Waals surface area contributed by atoms with Gasteiger partial charge in [-0.15, -0.1) is 11.3 Å². The first kappa shape index (κ1) is 21.8. The van der Waals surface area contributed by atoms with Crippen LogP contribution in [0.5, 0.6) is 0 Å². The predicted octanol–water partition coefficient (Wildman–Crippen LogP) is 4.00. The van der Waals surface area contributed by atoms with Crippen LogP contribution in [0, 0.1) is 10.1 Å². The van der Waals surface area contributed by atoms with Crippen molar-refractivity contribution in [1.82, 2.24) is 4.57 Å². The van der Waals surface area contributed by atoms with E-state index in [0.717, 1.165) is 14.9 Å². The van der Waals surface area contributed by atoms with Crippen LogP contribution in [0.1, 0.15) is 20.0 Å². The molecule has 0 saturated heterocycles. The first-order valence-corrected chi connectivity index (χ1v) is 11.0. The highest BCUT2D eigenvalue weighted by molar-refractivity contribution is 7.21. The molecule has 0 spiro atoms. The second-order valence-corrected chi connectivity index (χ2v) is 8.80. The summed E-state index contributed by atoms with van der Waals surface area (Å²) >= 11 is 2.51. The van der Waals surface area contributed by atoms with Crippen molar-refractivity contribution >= 4 is 60.5 Å². The number of hydrogen-bond acceptors (Lipinski definition) is 8. The number of ether oxygens (including phenoxy) is 2. The largest absolute Gasteiger partial charge is 0.465 e. The monoisotopic (exact) mass is 471 g/mol. The van der Waals surface area contributed by atoms with Gasteiger partial charge >= 0.3 is 5.97 Å². The number of benzene rings is 2. The van der Waals surface area contributed by atoms with Crippen LogP contribution < -0.4 is 4.80 Å². The van der Waals surface area contributed by atoms with E-state index in [-0.39, 0.29) is 5.69 Å². The summed E-state index contributed by atoms with van der Waals surface area (Å²) < 4.78 is 13.4. The van der Waals surface area contributed by atoms with E-state index in [2.05, 4.69) is 4.99 Å². The quantitative estimate of drug-likeness (QED) is 0.239. The van der Waals surface area contributed by atoms with Gasteiger partial charge in [0.25, 0.3) is 11.6 Å². The lowest BCUT2D eigenvalue weighted by molar-refractivity contribution is -0.384. The fourth-order valence-corrected chi connectivity index (χ4v) is 5.22. The summed E-state index contributed by atoms with van der Waals surface area (Å²) in [6.07, 6.45) is 0. The van der Waals surface area contributed by atoms with E-state index >= 15 is 0 Å². The highest BCUT2D eigenvalue weighted by Gasteiger charge is 2.15. The van der Waals surface area contributed by atoms with Crippen LogP contribution in [0.2, 0.25) is 0 Å². The van der Waals surface area contributed by atoms with Gasteiger partial charge in [0, 0.05) is 35.9 Å². The van der Waals surface area contributed by atoms with Gasteiger partial charge in [-0.2, -0.15) is 4.99 Å². The molecule has 164 valence electrons. The number of esters is 1. The molecule has 0 aliphatic carbocycles. The maximum absolute atomic E-state index is 12.9. The van der Waals surface area contributed by atoms with Gasteiger partial charge in [-0.25, -0.2) is 4.79 Å². The van der Waals surface area contributed by atoms with Gasteiger partial charge in [0.15, 0.2) is 4.80 Å². The van der Waals surface area contributed by atoms with Crippen molar-refractivity contribution in [3.63, 3.8) is 0 Å². The molecule has 1 amide bonds.